The van der Waals surface area contributed by atoms with Crippen LogP contribution in [0.2, 0.25) is 0 Å². The number of benzene rings is 2. The molecule has 0 saturated carbocycles. The molecule has 0 aliphatic heterocycles. The van der Waals surface area contributed by atoms with E-state index in [1.54, 1.807) is 43.5 Å². The van der Waals surface area contributed by atoms with Crippen molar-refractivity contribution in [1.82, 2.24) is 10.6 Å². The number of hydrogen-bond acceptors (Lipinski definition) is 6. The van der Waals surface area contributed by atoms with Crippen molar-refractivity contribution in [2.24, 2.45) is 0 Å². The molecule has 0 fully saturated rings. The number of ether oxygens (including phenoxy) is 2. The summed E-state index contributed by atoms with van der Waals surface area (Å²) < 4.78 is 16.4. The van der Waals surface area contributed by atoms with E-state index < -0.39 is 0 Å². The van der Waals surface area contributed by atoms with Gasteiger partial charge in [-0.1, -0.05) is 18.2 Å². The molecule has 0 spiro atoms. The van der Waals surface area contributed by atoms with E-state index in [4.69, 9.17) is 13.9 Å². The lowest BCUT2D eigenvalue weighted by molar-refractivity contribution is 0.0921. The van der Waals surface area contributed by atoms with Crippen molar-refractivity contribution in [2.45, 2.75) is 13.0 Å². The van der Waals surface area contributed by atoms with Crippen molar-refractivity contribution >= 4 is 11.8 Å². The summed E-state index contributed by atoms with van der Waals surface area (Å²) in [5.74, 6) is 1.29. The first-order valence-corrected chi connectivity index (χ1v) is 9.77. The molecular formula is C23H24N2O6. The maximum Gasteiger partial charge on any atom is 0.286 e. The second-order valence-corrected chi connectivity index (χ2v) is 6.62. The average Bonchev–Trinajstić information content (AvgIpc) is 3.26. The Balaban J connectivity index is 1.38. The minimum absolute atomic E-state index is 0.0334. The number of carbonyl (C=O) groups excluding carboxylic acids is 2. The predicted molar refractivity (Wildman–Crippen MR) is 113 cm³/mol. The van der Waals surface area contributed by atoms with E-state index >= 15 is 0 Å². The number of para-hydroxylation sites is 2. The molecule has 0 atom stereocenters. The smallest absolute Gasteiger partial charge is 0.286 e. The number of aromatic hydroxyl groups is 1. The molecule has 1 aromatic heterocycles. The first-order valence-electron chi connectivity index (χ1n) is 9.77. The standard InChI is InChI=1S/C23H24N2O6/c1-29-19-8-2-3-9-20(19)30-15-18-10-11-21(31-18)23(28)25-13-5-12-24-22(27)16-6-4-7-17(26)14-16/h2-4,6-11,14,26H,5,12-13,15H2,1H3,(H,24,27)(H,25,28). The van der Waals surface area contributed by atoms with Crippen LogP contribution in [0.5, 0.6) is 17.2 Å². The number of nitrogens with one attached hydrogen (secondary N) is 2. The number of rotatable bonds is 10. The van der Waals surface area contributed by atoms with Crippen LogP contribution < -0.4 is 20.1 Å². The van der Waals surface area contributed by atoms with Gasteiger partial charge in [-0.15, -0.1) is 0 Å². The number of hydrogen-bond donors (Lipinski definition) is 3. The largest absolute Gasteiger partial charge is 0.508 e. The Hall–Kier alpha value is -3.94. The lowest BCUT2D eigenvalue weighted by atomic mass is 10.2. The van der Waals surface area contributed by atoms with Gasteiger partial charge in [0.05, 0.1) is 7.11 Å². The fourth-order valence-corrected chi connectivity index (χ4v) is 2.79. The molecule has 31 heavy (non-hydrogen) atoms. The normalized spacial score (nSPS) is 10.4. The molecule has 2 aromatic carbocycles. The van der Waals surface area contributed by atoms with Crippen LogP contribution in [-0.2, 0) is 6.61 Å². The van der Waals surface area contributed by atoms with E-state index in [0.717, 1.165) is 0 Å². The number of phenols is 1. The predicted octanol–water partition coefficient (Wildman–Crippen LogP) is 3.12. The lowest BCUT2D eigenvalue weighted by Gasteiger charge is -2.08. The monoisotopic (exact) mass is 424 g/mol. The molecule has 0 aliphatic carbocycles. The van der Waals surface area contributed by atoms with Crippen LogP contribution >= 0.6 is 0 Å². The van der Waals surface area contributed by atoms with Gasteiger partial charge in [0.25, 0.3) is 11.8 Å². The van der Waals surface area contributed by atoms with E-state index in [0.29, 0.717) is 42.3 Å². The van der Waals surface area contributed by atoms with E-state index in [2.05, 4.69) is 10.6 Å². The highest BCUT2D eigenvalue weighted by atomic mass is 16.5. The highest BCUT2D eigenvalue weighted by Crippen LogP contribution is 2.26. The topological polar surface area (TPSA) is 110 Å². The highest BCUT2D eigenvalue weighted by Gasteiger charge is 2.12. The minimum Gasteiger partial charge on any atom is -0.508 e. The summed E-state index contributed by atoms with van der Waals surface area (Å²) in [6.07, 6.45) is 0.542. The maximum absolute atomic E-state index is 12.2. The zero-order chi connectivity index (χ0) is 22.1. The molecule has 2 amide bonds. The fourth-order valence-electron chi connectivity index (χ4n) is 2.79. The van der Waals surface area contributed by atoms with Gasteiger partial charge in [0.15, 0.2) is 17.3 Å². The van der Waals surface area contributed by atoms with Gasteiger partial charge in [-0.25, -0.2) is 0 Å². The Labute approximate surface area is 179 Å². The van der Waals surface area contributed by atoms with Crippen molar-refractivity contribution in [1.29, 1.82) is 0 Å². The quantitative estimate of drug-likeness (QED) is 0.432. The Morgan fingerprint density at radius 3 is 2.42 bits per heavy atom. The lowest BCUT2D eigenvalue weighted by Crippen LogP contribution is -2.29. The zero-order valence-corrected chi connectivity index (χ0v) is 17.1. The number of carbonyl (C=O) groups is 2. The van der Waals surface area contributed by atoms with E-state index in [1.807, 2.05) is 12.1 Å². The van der Waals surface area contributed by atoms with Crippen molar-refractivity contribution in [3.63, 3.8) is 0 Å². The molecule has 0 aliphatic rings. The Bertz CT molecular complexity index is 1030. The Morgan fingerprint density at radius 1 is 0.935 bits per heavy atom. The van der Waals surface area contributed by atoms with Crippen LogP contribution in [0.4, 0.5) is 0 Å². The zero-order valence-electron chi connectivity index (χ0n) is 17.1. The van der Waals surface area contributed by atoms with E-state index in [9.17, 15) is 14.7 Å². The summed E-state index contributed by atoms with van der Waals surface area (Å²) in [6.45, 7) is 0.909. The first kappa shape index (κ1) is 21.8. The Kier molecular flexibility index (Phi) is 7.53. The van der Waals surface area contributed by atoms with Crippen LogP contribution in [0.25, 0.3) is 0 Å². The van der Waals surface area contributed by atoms with Gasteiger partial charge in [0.2, 0.25) is 0 Å². The number of phenolic OH excluding ortho intramolecular Hbond substituents is 1. The SMILES string of the molecule is COc1ccccc1OCc1ccc(C(=O)NCCCNC(=O)c2cccc(O)c2)o1. The summed E-state index contributed by atoms with van der Waals surface area (Å²) in [4.78, 5) is 24.2. The van der Waals surface area contributed by atoms with Gasteiger partial charge in [-0.05, 0) is 48.9 Å². The van der Waals surface area contributed by atoms with Crippen molar-refractivity contribution in [3.8, 4) is 17.2 Å². The molecule has 0 unspecified atom stereocenters. The molecule has 1 heterocycles. The molecule has 162 valence electrons. The minimum atomic E-state index is -0.345. The van der Waals surface area contributed by atoms with Crippen molar-refractivity contribution in [2.75, 3.05) is 20.2 Å². The molecule has 3 aromatic rings. The molecular weight excluding hydrogens is 400 g/mol. The molecule has 0 radical (unpaired) electrons. The van der Waals surface area contributed by atoms with Crippen LogP contribution in [-0.4, -0.2) is 37.1 Å². The second kappa shape index (κ2) is 10.7. The van der Waals surface area contributed by atoms with Crippen molar-refractivity contribution in [3.05, 3.63) is 77.7 Å². The summed E-state index contributed by atoms with van der Waals surface area (Å²) in [5, 5.41) is 14.9. The van der Waals surface area contributed by atoms with Crippen LogP contribution in [0.3, 0.4) is 0 Å². The number of furan rings is 1. The molecule has 0 saturated heterocycles. The van der Waals surface area contributed by atoms with Gasteiger partial charge in [0.1, 0.15) is 18.1 Å². The average molecular weight is 424 g/mol. The fraction of sp³-hybridized carbons (Fsp3) is 0.217. The number of amides is 2. The third-order valence-corrected chi connectivity index (χ3v) is 4.36. The molecule has 3 N–H and O–H groups in total. The van der Waals surface area contributed by atoms with Crippen LogP contribution in [0.1, 0.15) is 33.1 Å². The summed E-state index contributed by atoms with van der Waals surface area (Å²) >= 11 is 0. The molecule has 8 heteroatoms. The van der Waals surface area contributed by atoms with Gasteiger partial charge >= 0.3 is 0 Å². The summed E-state index contributed by atoms with van der Waals surface area (Å²) in [7, 11) is 1.56. The van der Waals surface area contributed by atoms with Crippen LogP contribution in [0.15, 0.2) is 65.1 Å². The van der Waals surface area contributed by atoms with E-state index in [-0.39, 0.29) is 29.9 Å². The second-order valence-electron chi connectivity index (χ2n) is 6.62. The van der Waals surface area contributed by atoms with Gasteiger partial charge in [-0.2, -0.15) is 0 Å². The Morgan fingerprint density at radius 2 is 1.68 bits per heavy atom. The highest BCUT2D eigenvalue weighted by molar-refractivity contribution is 5.94. The van der Waals surface area contributed by atoms with Gasteiger partial charge in [0, 0.05) is 18.7 Å². The third-order valence-electron chi connectivity index (χ3n) is 4.36. The van der Waals surface area contributed by atoms with Gasteiger partial charge in [-0.3, -0.25) is 9.59 Å². The van der Waals surface area contributed by atoms with Crippen LogP contribution in [0, 0.1) is 0 Å². The first-order chi connectivity index (χ1) is 15.1. The molecule has 8 nitrogen and oxygen atoms in total. The summed E-state index contributed by atoms with van der Waals surface area (Å²) in [6, 6.07) is 16.6. The molecule has 3 rings (SSSR count). The maximum atomic E-state index is 12.2. The van der Waals surface area contributed by atoms with Gasteiger partial charge < -0.3 is 29.6 Å². The number of methoxy groups -OCH3 is 1. The third kappa shape index (κ3) is 6.27. The van der Waals surface area contributed by atoms with E-state index in [1.165, 1.54) is 12.1 Å². The summed E-state index contributed by atoms with van der Waals surface area (Å²) in [5.41, 5.74) is 0.377. The molecule has 0 bridgehead atoms. The van der Waals surface area contributed by atoms with Crippen molar-refractivity contribution < 1.29 is 28.6 Å².